The smallest absolute Gasteiger partial charge is 0.244 e. The highest BCUT2D eigenvalue weighted by Crippen LogP contribution is 2.31. The van der Waals surface area contributed by atoms with E-state index in [9.17, 15) is 18.0 Å². The number of sulfonamides is 1. The van der Waals surface area contributed by atoms with Crippen molar-refractivity contribution in [1.29, 1.82) is 0 Å². The lowest BCUT2D eigenvalue weighted by atomic mass is 10.1. The molecule has 0 heterocycles. The van der Waals surface area contributed by atoms with Gasteiger partial charge in [0.25, 0.3) is 0 Å². The second kappa shape index (κ2) is 12.7. The van der Waals surface area contributed by atoms with Gasteiger partial charge in [0.2, 0.25) is 21.8 Å². The zero-order chi connectivity index (χ0) is 27.2. The van der Waals surface area contributed by atoms with Crippen LogP contribution in [0.4, 0.5) is 5.69 Å². The van der Waals surface area contributed by atoms with E-state index < -0.39 is 28.5 Å². The Morgan fingerprint density at radius 1 is 1.11 bits per heavy atom. The molecule has 11 heteroatoms. The van der Waals surface area contributed by atoms with Crippen LogP contribution in [0.25, 0.3) is 0 Å². The molecule has 2 aromatic carbocycles. The van der Waals surface area contributed by atoms with E-state index in [4.69, 9.17) is 27.9 Å². The van der Waals surface area contributed by atoms with Crippen molar-refractivity contribution in [3.8, 4) is 5.75 Å². The van der Waals surface area contributed by atoms with Crippen LogP contribution >= 0.6 is 23.2 Å². The van der Waals surface area contributed by atoms with Crippen LogP contribution < -0.4 is 14.4 Å². The number of amides is 2. The van der Waals surface area contributed by atoms with Crippen molar-refractivity contribution >= 4 is 50.7 Å². The highest BCUT2D eigenvalue weighted by molar-refractivity contribution is 7.92. The van der Waals surface area contributed by atoms with Crippen LogP contribution in [-0.2, 0) is 26.2 Å². The van der Waals surface area contributed by atoms with Gasteiger partial charge in [-0.05, 0) is 62.6 Å². The van der Waals surface area contributed by atoms with E-state index in [0.29, 0.717) is 27.8 Å². The molecular weight excluding hydrogens is 525 g/mol. The summed E-state index contributed by atoms with van der Waals surface area (Å²) >= 11 is 12.4. The van der Waals surface area contributed by atoms with Gasteiger partial charge in [0, 0.05) is 22.6 Å². The van der Waals surface area contributed by atoms with E-state index in [1.54, 1.807) is 50.2 Å². The van der Waals surface area contributed by atoms with Crippen molar-refractivity contribution in [2.45, 2.75) is 52.7 Å². The molecule has 0 aliphatic rings. The summed E-state index contributed by atoms with van der Waals surface area (Å²) in [5.41, 5.74) is 1.59. The number of carbonyl (C=O) groups excluding carboxylic acids is 2. The number of hydrogen-bond acceptors (Lipinski definition) is 5. The van der Waals surface area contributed by atoms with Crippen LogP contribution in [0.5, 0.6) is 5.75 Å². The summed E-state index contributed by atoms with van der Waals surface area (Å²) in [5, 5.41) is 3.63. The molecule has 2 aromatic rings. The minimum absolute atomic E-state index is 0.0213. The molecule has 0 saturated carbocycles. The SMILES string of the molecule is CC[C@H](C)NC(=O)[C@@H](C)N(Cc1ccc(Cl)cc1Cl)C(=O)CN(c1cc(C)ccc1OC)S(C)(=O)=O. The first-order chi connectivity index (χ1) is 16.8. The highest BCUT2D eigenvalue weighted by Gasteiger charge is 2.31. The molecule has 2 amide bonds. The molecule has 0 aliphatic heterocycles. The van der Waals surface area contributed by atoms with Gasteiger partial charge in [-0.3, -0.25) is 13.9 Å². The Balaban J connectivity index is 2.49. The zero-order valence-electron chi connectivity index (χ0n) is 21.3. The first-order valence-corrected chi connectivity index (χ1v) is 14.0. The third kappa shape index (κ3) is 7.75. The number of aryl methyl sites for hydroxylation is 1. The van der Waals surface area contributed by atoms with Gasteiger partial charge >= 0.3 is 0 Å². The van der Waals surface area contributed by atoms with Crippen molar-refractivity contribution in [2.24, 2.45) is 0 Å². The molecule has 198 valence electrons. The second-order valence-electron chi connectivity index (χ2n) is 8.70. The highest BCUT2D eigenvalue weighted by atomic mass is 35.5. The van der Waals surface area contributed by atoms with E-state index in [0.717, 1.165) is 16.1 Å². The maximum Gasteiger partial charge on any atom is 0.244 e. The van der Waals surface area contributed by atoms with Crippen molar-refractivity contribution in [1.82, 2.24) is 10.2 Å². The third-order valence-electron chi connectivity index (χ3n) is 5.81. The van der Waals surface area contributed by atoms with Crippen molar-refractivity contribution in [2.75, 3.05) is 24.2 Å². The molecule has 0 saturated heterocycles. The Morgan fingerprint density at radius 2 is 1.78 bits per heavy atom. The molecule has 0 spiro atoms. The summed E-state index contributed by atoms with van der Waals surface area (Å²) in [5.74, 6) is -0.641. The summed E-state index contributed by atoms with van der Waals surface area (Å²) in [7, 11) is -2.47. The van der Waals surface area contributed by atoms with E-state index >= 15 is 0 Å². The van der Waals surface area contributed by atoms with Crippen LogP contribution in [-0.4, -0.2) is 57.1 Å². The topological polar surface area (TPSA) is 96.0 Å². The maximum atomic E-state index is 13.7. The number of benzene rings is 2. The summed E-state index contributed by atoms with van der Waals surface area (Å²) < 4.78 is 31.9. The number of hydrogen-bond donors (Lipinski definition) is 1. The predicted octanol–water partition coefficient (Wildman–Crippen LogP) is 4.41. The van der Waals surface area contributed by atoms with Crippen LogP contribution in [0.1, 0.15) is 38.3 Å². The molecule has 1 N–H and O–H groups in total. The van der Waals surface area contributed by atoms with Gasteiger partial charge in [-0.2, -0.15) is 0 Å². The fraction of sp³-hybridized carbons (Fsp3) is 0.440. The van der Waals surface area contributed by atoms with Crippen LogP contribution in [0, 0.1) is 6.92 Å². The molecule has 0 aromatic heterocycles. The number of nitrogens with zero attached hydrogens (tertiary/aromatic N) is 2. The first-order valence-electron chi connectivity index (χ1n) is 11.4. The molecule has 0 fully saturated rings. The minimum Gasteiger partial charge on any atom is -0.495 e. The normalized spacial score (nSPS) is 13.0. The average molecular weight is 559 g/mol. The molecule has 2 atom stereocenters. The van der Waals surface area contributed by atoms with E-state index in [1.807, 2.05) is 13.8 Å². The zero-order valence-corrected chi connectivity index (χ0v) is 23.7. The Kier molecular flexibility index (Phi) is 10.5. The van der Waals surface area contributed by atoms with Gasteiger partial charge in [0.05, 0.1) is 19.1 Å². The molecule has 2 rings (SSSR count). The summed E-state index contributed by atoms with van der Waals surface area (Å²) in [6, 6.07) is 8.90. The van der Waals surface area contributed by atoms with Crippen LogP contribution in [0.2, 0.25) is 10.0 Å². The largest absolute Gasteiger partial charge is 0.495 e. The maximum absolute atomic E-state index is 13.7. The van der Waals surface area contributed by atoms with Crippen molar-refractivity contribution in [3.05, 3.63) is 57.6 Å². The third-order valence-corrected chi connectivity index (χ3v) is 7.52. The van der Waals surface area contributed by atoms with Gasteiger partial charge in [-0.15, -0.1) is 0 Å². The molecular formula is C25H33Cl2N3O5S. The Morgan fingerprint density at radius 3 is 2.33 bits per heavy atom. The number of anilines is 1. The van der Waals surface area contributed by atoms with E-state index in [-0.39, 0.29) is 24.2 Å². The number of rotatable bonds is 11. The number of halogens is 2. The van der Waals surface area contributed by atoms with Crippen LogP contribution in [0.15, 0.2) is 36.4 Å². The summed E-state index contributed by atoms with van der Waals surface area (Å²) in [6.45, 7) is 6.64. The van der Waals surface area contributed by atoms with Crippen molar-refractivity contribution < 1.29 is 22.7 Å². The molecule has 36 heavy (non-hydrogen) atoms. The number of ether oxygens (including phenoxy) is 1. The number of carbonyl (C=O) groups is 2. The lowest BCUT2D eigenvalue weighted by Gasteiger charge is -2.32. The Bertz CT molecular complexity index is 1210. The fourth-order valence-electron chi connectivity index (χ4n) is 3.47. The predicted molar refractivity (Wildman–Crippen MR) is 144 cm³/mol. The molecule has 8 nitrogen and oxygen atoms in total. The molecule has 0 bridgehead atoms. The average Bonchev–Trinajstić information content (AvgIpc) is 2.80. The molecule has 0 radical (unpaired) electrons. The number of nitrogens with one attached hydrogen (secondary N) is 1. The first kappa shape index (κ1) is 29.7. The minimum atomic E-state index is -3.89. The second-order valence-corrected chi connectivity index (χ2v) is 11.4. The lowest BCUT2D eigenvalue weighted by molar-refractivity contribution is -0.139. The molecule has 0 aliphatic carbocycles. The van der Waals surface area contributed by atoms with E-state index in [2.05, 4.69) is 5.32 Å². The molecule has 0 unspecified atom stereocenters. The lowest BCUT2D eigenvalue weighted by Crippen LogP contribution is -2.52. The quantitative estimate of drug-likeness (QED) is 0.441. The van der Waals surface area contributed by atoms with Gasteiger partial charge in [0.1, 0.15) is 18.3 Å². The van der Waals surface area contributed by atoms with Crippen LogP contribution in [0.3, 0.4) is 0 Å². The number of methoxy groups -OCH3 is 1. The van der Waals surface area contributed by atoms with Gasteiger partial charge in [-0.1, -0.05) is 42.3 Å². The van der Waals surface area contributed by atoms with Crippen molar-refractivity contribution in [3.63, 3.8) is 0 Å². The fourth-order valence-corrected chi connectivity index (χ4v) is 4.78. The monoisotopic (exact) mass is 557 g/mol. The van der Waals surface area contributed by atoms with E-state index in [1.165, 1.54) is 12.0 Å². The van der Waals surface area contributed by atoms with Gasteiger partial charge in [-0.25, -0.2) is 8.42 Å². The Labute approximate surface area is 223 Å². The Hall–Kier alpha value is -2.49. The summed E-state index contributed by atoms with van der Waals surface area (Å²) in [4.78, 5) is 28.0. The van der Waals surface area contributed by atoms with Gasteiger partial charge < -0.3 is 15.0 Å². The van der Waals surface area contributed by atoms with Gasteiger partial charge in [0.15, 0.2) is 0 Å². The summed E-state index contributed by atoms with van der Waals surface area (Å²) in [6.07, 6.45) is 1.73. The standard InChI is InChI=1S/C25H33Cl2N3O5S/c1-7-17(3)28-25(32)18(4)29(14-19-9-10-20(26)13-21(19)27)24(31)15-30(36(6,33)34)22-12-16(2)8-11-23(22)35-5/h8-13,17-18H,7,14-15H2,1-6H3,(H,28,32)/t17-,18+/m0/s1.